The van der Waals surface area contributed by atoms with E-state index in [-0.39, 0.29) is 5.78 Å². The van der Waals surface area contributed by atoms with Crippen LogP contribution in [-0.4, -0.2) is 22.5 Å². The van der Waals surface area contributed by atoms with Gasteiger partial charge in [-0.15, -0.1) is 0 Å². The zero-order chi connectivity index (χ0) is 18.0. The molecule has 4 heteroatoms. The number of rotatable bonds is 4. The summed E-state index contributed by atoms with van der Waals surface area (Å²) in [6, 6.07) is 14.9. The molecule has 25 heavy (non-hydrogen) atoms. The van der Waals surface area contributed by atoms with E-state index in [2.05, 4.69) is 0 Å². The summed E-state index contributed by atoms with van der Waals surface area (Å²) in [6.45, 7) is 3.00. The first-order valence-corrected chi connectivity index (χ1v) is 8.22. The number of Topliss-reactive ketones (excluding diaryl/α,β-unsaturated/α-hetero) is 1. The van der Waals surface area contributed by atoms with Gasteiger partial charge in [-0.2, -0.15) is 0 Å². The number of hydrogen-bond acceptors (Lipinski definition) is 3. The minimum absolute atomic E-state index is 0.0224. The number of carbonyl (C=O) groups is 2. The molecule has 0 amide bonds. The Kier molecular flexibility index (Phi) is 4.45. The summed E-state index contributed by atoms with van der Waals surface area (Å²) in [5.74, 6) is -0.544. The first kappa shape index (κ1) is 17.0. The number of ether oxygens (including phenoxy) is 1. The van der Waals surface area contributed by atoms with Crippen LogP contribution in [0.1, 0.15) is 41.8 Å². The maximum Gasteiger partial charge on any atom is 0.347 e. The largest absolute Gasteiger partial charge is 0.478 e. The summed E-state index contributed by atoms with van der Waals surface area (Å²) in [4.78, 5) is 23.9. The quantitative estimate of drug-likeness (QED) is 0.852. The van der Waals surface area contributed by atoms with E-state index in [1.54, 1.807) is 18.2 Å². The van der Waals surface area contributed by atoms with Crippen LogP contribution >= 0.6 is 0 Å². The Bertz CT molecular complexity index is 847. The van der Waals surface area contributed by atoms with Crippen molar-refractivity contribution in [3.8, 4) is 5.75 Å². The van der Waals surface area contributed by atoms with Gasteiger partial charge in [-0.25, -0.2) is 4.79 Å². The molecule has 1 N–H and O–H groups in total. The summed E-state index contributed by atoms with van der Waals surface area (Å²) >= 11 is 0. The summed E-state index contributed by atoms with van der Waals surface area (Å²) in [5, 5.41) is 9.17. The standard InChI is InChI=1S/C21H20O4/c1-21(2,20(23)24)25-17-10-11-18-15(13-17)8-9-16(19(18)22)12-14-6-4-3-5-7-14/h3-7,10-13H,8-9H2,1-2H3,(H,23,24). The molecular weight excluding hydrogens is 316 g/mol. The minimum atomic E-state index is -1.31. The van der Waals surface area contributed by atoms with Crippen LogP contribution in [0.2, 0.25) is 0 Å². The molecule has 128 valence electrons. The zero-order valence-electron chi connectivity index (χ0n) is 14.3. The van der Waals surface area contributed by atoms with Gasteiger partial charge in [0.25, 0.3) is 0 Å². The molecule has 0 aromatic heterocycles. The molecular formula is C21H20O4. The predicted octanol–water partition coefficient (Wildman–Crippen LogP) is 4.14. The van der Waals surface area contributed by atoms with Crippen LogP contribution < -0.4 is 4.74 Å². The molecule has 0 saturated carbocycles. The summed E-state index contributed by atoms with van der Waals surface area (Å²) in [6.07, 6.45) is 3.32. The summed E-state index contributed by atoms with van der Waals surface area (Å²) < 4.78 is 5.56. The molecule has 0 radical (unpaired) electrons. The maximum atomic E-state index is 12.7. The Morgan fingerprint density at radius 1 is 1.12 bits per heavy atom. The lowest BCUT2D eigenvalue weighted by atomic mass is 9.86. The minimum Gasteiger partial charge on any atom is -0.478 e. The molecule has 2 aromatic rings. The molecule has 0 unspecified atom stereocenters. The lowest BCUT2D eigenvalue weighted by molar-refractivity contribution is -0.152. The molecule has 1 aliphatic carbocycles. The van der Waals surface area contributed by atoms with Crippen molar-refractivity contribution in [2.45, 2.75) is 32.3 Å². The average molecular weight is 336 g/mol. The monoisotopic (exact) mass is 336 g/mol. The van der Waals surface area contributed by atoms with Gasteiger partial charge in [0.1, 0.15) is 5.75 Å². The van der Waals surface area contributed by atoms with Crippen LogP contribution in [0.5, 0.6) is 5.75 Å². The summed E-state index contributed by atoms with van der Waals surface area (Å²) in [5.41, 5.74) is 2.05. The molecule has 1 aliphatic rings. The molecule has 0 bridgehead atoms. The third kappa shape index (κ3) is 3.63. The van der Waals surface area contributed by atoms with E-state index < -0.39 is 11.6 Å². The lowest BCUT2D eigenvalue weighted by Gasteiger charge is -2.23. The fourth-order valence-corrected chi connectivity index (χ4v) is 2.84. The Balaban J connectivity index is 1.86. The Morgan fingerprint density at radius 3 is 2.52 bits per heavy atom. The third-order valence-electron chi connectivity index (χ3n) is 4.31. The summed E-state index contributed by atoms with van der Waals surface area (Å²) in [7, 11) is 0. The maximum absolute atomic E-state index is 12.7. The van der Waals surface area contributed by atoms with Crippen LogP contribution in [0, 0.1) is 0 Å². The van der Waals surface area contributed by atoms with Crippen molar-refractivity contribution >= 4 is 17.8 Å². The normalized spacial score (nSPS) is 15.8. The molecule has 4 nitrogen and oxygen atoms in total. The van der Waals surface area contributed by atoms with Crippen LogP contribution in [-0.2, 0) is 11.2 Å². The number of aliphatic carboxylic acids is 1. The van der Waals surface area contributed by atoms with Crippen molar-refractivity contribution in [3.63, 3.8) is 0 Å². The van der Waals surface area contributed by atoms with Crippen molar-refractivity contribution in [1.29, 1.82) is 0 Å². The molecule has 0 spiro atoms. The van der Waals surface area contributed by atoms with Gasteiger partial charge >= 0.3 is 5.97 Å². The smallest absolute Gasteiger partial charge is 0.347 e. The first-order chi connectivity index (χ1) is 11.9. The van der Waals surface area contributed by atoms with Gasteiger partial charge in [0.2, 0.25) is 0 Å². The van der Waals surface area contributed by atoms with Crippen molar-refractivity contribution in [2.24, 2.45) is 0 Å². The fourth-order valence-electron chi connectivity index (χ4n) is 2.84. The van der Waals surface area contributed by atoms with Gasteiger partial charge in [-0.3, -0.25) is 4.79 Å². The van der Waals surface area contributed by atoms with Crippen LogP contribution in [0.15, 0.2) is 54.1 Å². The fraction of sp³-hybridized carbons (Fsp3) is 0.238. The number of benzene rings is 2. The molecule has 0 fully saturated rings. The Labute approximate surface area is 146 Å². The van der Waals surface area contributed by atoms with Gasteiger partial charge in [-0.1, -0.05) is 30.3 Å². The molecule has 3 rings (SSSR count). The Morgan fingerprint density at radius 2 is 1.84 bits per heavy atom. The van der Waals surface area contributed by atoms with Crippen molar-refractivity contribution in [2.75, 3.05) is 0 Å². The van der Waals surface area contributed by atoms with Gasteiger partial charge in [-0.05, 0) is 62.1 Å². The second-order valence-electron chi connectivity index (χ2n) is 6.65. The van der Waals surface area contributed by atoms with Gasteiger partial charge in [0, 0.05) is 11.1 Å². The topological polar surface area (TPSA) is 63.6 Å². The number of aryl methyl sites for hydroxylation is 1. The highest BCUT2D eigenvalue weighted by atomic mass is 16.5. The van der Waals surface area contributed by atoms with Crippen molar-refractivity contribution < 1.29 is 19.4 Å². The number of hydrogen-bond donors (Lipinski definition) is 1. The number of fused-ring (bicyclic) bond motifs is 1. The van der Waals surface area contributed by atoms with E-state index >= 15 is 0 Å². The number of carboxylic acid groups (broad SMARTS) is 1. The Hall–Kier alpha value is -2.88. The predicted molar refractivity (Wildman–Crippen MR) is 95.9 cm³/mol. The molecule has 2 aromatic carbocycles. The van der Waals surface area contributed by atoms with Gasteiger partial charge < -0.3 is 9.84 Å². The van der Waals surface area contributed by atoms with Crippen molar-refractivity contribution in [1.82, 2.24) is 0 Å². The van der Waals surface area contributed by atoms with E-state index in [0.29, 0.717) is 17.7 Å². The van der Waals surface area contributed by atoms with Crippen molar-refractivity contribution in [3.05, 3.63) is 70.8 Å². The second-order valence-corrected chi connectivity index (χ2v) is 6.65. The molecule has 0 heterocycles. The van der Waals surface area contributed by atoms with E-state index in [4.69, 9.17) is 4.74 Å². The van der Waals surface area contributed by atoms with Gasteiger partial charge in [0.15, 0.2) is 11.4 Å². The van der Waals surface area contributed by atoms with Crippen LogP contribution in [0.4, 0.5) is 0 Å². The SMILES string of the molecule is CC(C)(Oc1ccc2c(c1)CCC(=Cc1ccccc1)C2=O)C(=O)O. The zero-order valence-corrected chi connectivity index (χ0v) is 14.3. The van der Waals surface area contributed by atoms with Gasteiger partial charge in [0.05, 0.1) is 0 Å². The molecule has 0 atom stereocenters. The number of carboxylic acids is 1. The van der Waals surface area contributed by atoms with Crippen LogP contribution in [0.25, 0.3) is 6.08 Å². The molecule has 0 aliphatic heterocycles. The second kappa shape index (κ2) is 6.55. The van der Waals surface area contributed by atoms with Crippen LogP contribution in [0.3, 0.4) is 0 Å². The number of allylic oxidation sites excluding steroid dienone is 1. The van der Waals surface area contributed by atoms with E-state index in [9.17, 15) is 14.7 Å². The highest BCUT2D eigenvalue weighted by molar-refractivity contribution is 6.13. The van der Waals surface area contributed by atoms with E-state index in [0.717, 1.165) is 23.1 Å². The molecule has 0 saturated heterocycles. The van der Waals surface area contributed by atoms with E-state index in [1.807, 2.05) is 36.4 Å². The third-order valence-corrected chi connectivity index (χ3v) is 4.31. The number of ketones is 1. The van der Waals surface area contributed by atoms with E-state index in [1.165, 1.54) is 13.8 Å². The lowest BCUT2D eigenvalue weighted by Crippen LogP contribution is -2.37. The average Bonchev–Trinajstić information content (AvgIpc) is 2.58. The number of carbonyl (C=O) groups excluding carboxylic acids is 1. The highest BCUT2D eigenvalue weighted by Gasteiger charge is 2.30. The highest BCUT2D eigenvalue weighted by Crippen LogP contribution is 2.30. The first-order valence-electron chi connectivity index (χ1n) is 8.22.